The van der Waals surface area contributed by atoms with Crippen LogP contribution in [0.5, 0.6) is 5.88 Å². The van der Waals surface area contributed by atoms with Gasteiger partial charge >= 0.3 is 5.97 Å². The number of benzene rings is 2. The maximum Gasteiger partial charge on any atom is 0.361 e. The molecule has 55 heavy (non-hydrogen) atoms. The van der Waals surface area contributed by atoms with Crippen LogP contribution in [0.2, 0.25) is 0 Å². The number of ether oxygens (including phenoxy) is 2. The van der Waals surface area contributed by atoms with Crippen molar-refractivity contribution < 1.29 is 24.0 Å². The fourth-order valence-corrected chi connectivity index (χ4v) is 8.73. The molecule has 0 N–H and O–H groups in total. The summed E-state index contributed by atoms with van der Waals surface area (Å²) in [7, 11) is 0. The molecular formula is C42H34N6O5S2. The van der Waals surface area contributed by atoms with Gasteiger partial charge in [0, 0.05) is 11.1 Å². The maximum absolute atomic E-state index is 13.4. The summed E-state index contributed by atoms with van der Waals surface area (Å²) in [5, 5.41) is 0. The zero-order chi connectivity index (χ0) is 38.2. The molecule has 2 aliphatic rings. The summed E-state index contributed by atoms with van der Waals surface area (Å²) >= 11 is 3.00. The third kappa shape index (κ3) is 6.58. The lowest BCUT2D eigenvalue weighted by molar-refractivity contribution is -0.221. The van der Waals surface area contributed by atoms with Crippen molar-refractivity contribution in [2.24, 2.45) is 9.98 Å². The number of terminal acetylenes is 2. The zero-order valence-electron chi connectivity index (χ0n) is 30.4. The third-order valence-corrected chi connectivity index (χ3v) is 11.5. The number of carbonyl (C=O) groups is 1. The van der Waals surface area contributed by atoms with Crippen molar-refractivity contribution in [3.63, 3.8) is 0 Å². The number of aliphatic imine (C=N–C) groups is 2. The number of fused-ring (bicyclic) bond motifs is 6. The molecule has 4 aromatic heterocycles. The van der Waals surface area contributed by atoms with Crippen molar-refractivity contribution in [1.29, 1.82) is 0 Å². The summed E-state index contributed by atoms with van der Waals surface area (Å²) in [4.78, 5) is 47.0. The summed E-state index contributed by atoms with van der Waals surface area (Å²) < 4.78 is 14.9. The van der Waals surface area contributed by atoms with Crippen LogP contribution in [0, 0.1) is 38.5 Å². The Kier molecular flexibility index (Phi) is 9.78. The quantitative estimate of drug-likeness (QED) is 0.0350. The lowest BCUT2D eigenvalue weighted by Gasteiger charge is -2.12. The molecular weight excluding hydrogens is 733 g/mol. The van der Waals surface area contributed by atoms with Gasteiger partial charge in [0.15, 0.2) is 12.5 Å². The van der Waals surface area contributed by atoms with Gasteiger partial charge in [-0.05, 0) is 51.0 Å². The highest BCUT2D eigenvalue weighted by atomic mass is 32.1. The van der Waals surface area contributed by atoms with Crippen LogP contribution >= 0.6 is 22.7 Å². The van der Waals surface area contributed by atoms with E-state index in [2.05, 4.69) is 40.9 Å². The van der Waals surface area contributed by atoms with E-state index in [4.69, 9.17) is 42.1 Å². The second-order valence-electron chi connectivity index (χ2n) is 12.9. The second kappa shape index (κ2) is 15.0. The molecule has 11 nitrogen and oxygen atoms in total. The number of aromatic nitrogens is 4. The Balaban J connectivity index is 0.914. The van der Waals surface area contributed by atoms with Gasteiger partial charge in [-0.15, -0.1) is 35.5 Å². The third-order valence-electron chi connectivity index (χ3n) is 9.39. The minimum atomic E-state index is -0.637. The Hall–Kier alpha value is -6.09. The van der Waals surface area contributed by atoms with Crippen LogP contribution in [0.3, 0.4) is 0 Å². The van der Waals surface area contributed by atoms with Crippen LogP contribution in [0.1, 0.15) is 89.6 Å². The van der Waals surface area contributed by atoms with Gasteiger partial charge in [0.05, 0.1) is 66.7 Å². The Morgan fingerprint density at radius 1 is 0.782 bits per heavy atom. The summed E-state index contributed by atoms with van der Waals surface area (Å²) in [5.74, 6) is 5.14. The standard InChI is InChI=1S/C42H34N6O5S2/c1-7-28-19-32-39(54-28)34(30-15-11-9-13-24(30)3)45-26(5)37-36(43-21-47(32)37)42(49)51-23-50-17-18-52-53-41-38-27(6)46-35(31-16-12-10-14-25(31)4)40-33(48(38)22-44-41)20-29(8-2)55-40/h1-2,9-16,19-22,26-27H,17-18,23H2,3-6H3. The summed E-state index contributed by atoms with van der Waals surface area (Å²) in [6.45, 7) is 7.81. The van der Waals surface area contributed by atoms with E-state index in [0.717, 1.165) is 70.3 Å². The van der Waals surface area contributed by atoms with Crippen molar-refractivity contribution in [1.82, 2.24) is 19.1 Å². The topological polar surface area (TPSA) is 114 Å². The van der Waals surface area contributed by atoms with Crippen LogP contribution in [0.4, 0.5) is 0 Å². The fraction of sp³-hybridized carbons (Fsp3) is 0.214. The predicted molar refractivity (Wildman–Crippen MR) is 212 cm³/mol. The van der Waals surface area contributed by atoms with E-state index in [1.165, 1.54) is 22.7 Å². The first kappa shape index (κ1) is 35.9. The number of aryl methyl sites for hydroxylation is 2. The molecule has 2 aromatic carbocycles. The zero-order valence-corrected chi connectivity index (χ0v) is 32.0. The van der Waals surface area contributed by atoms with Gasteiger partial charge in [-0.2, -0.15) is 9.87 Å². The van der Waals surface area contributed by atoms with E-state index in [0.29, 0.717) is 5.69 Å². The van der Waals surface area contributed by atoms with E-state index in [9.17, 15) is 4.79 Å². The van der Waals surface area contributed by atoms with Crippen molar-refractivity contribution in [3.05, 3.63) is 132 Å². The summed E-state index contributed by atoms with van der Waals surface area (Å²) in [6.07, 6.45) is 14.9. The Bertz CT molecular complexity index is 2610. The first-order valence-electron chi connectivity index (χ1n) is 17.5. The highest BCUT2D eigenvalue weighted by molar-refractivity contribution is 7.15. The molecule has 6 heterocycles. The molecule has 0 saturated heterocycles. The van der Waals surface area contributed by atoms with Crippen LogP contribution in [-0.2, 0) is 14.4 Å². The van der Waals surface area contributed by atoms with Gasteiger partial charge in [0.2, 0.25) is 0 Å². The molecule has 2 unspecified atom stereocenters. The van der Waals surface area contributed by atoms with Crippen LogP contribution in [-0.4, -0.2) is 56.5 Å². The Morgan fingerprint density at radius 2 is 1.33 bits per heavy atom. The Morgan fingerprint density at radius 3 is 1.91 bits per heavy atom. The minimum absolute atomic E-state index is 0.0344. The highest BCUT2D eigenvalue weighted by Crippen LogP contribution is 2.40. The van der Waals surface area contributed by atoms with Crippen LogP contribution in [0.25, 0.3) is 11.4 Å². The van der Waals surface area contributed by atoms with Crippen LogP contribution in [0.15, 0.2) is 83.3 Å². The fourth-order valence-electron chi connectivity index (χ4n) is 6.79. The molecule has 0 fully saturated rings. The number of rotatable bonds is 10. The molecule has 0 aliphatic carbocycles. The molecule has 2 aliphatic heterocycles. The van der Waals surface area contributed by atoms with Crippen molar-refractivity contribution in [2.45, 2.75) is 39.8 Å². The van der Waals surface area contributed by atoms with E-state index in [1.54, 1.807) is 12.7 Å². The molecule has 0 amide bonds. The van der Waals surface area contributed by atoms with Gasteiger partial charge in [0.25, 0.3) is 5.88 Å². The van der Waals surface area contributed by atoms with Crippen molar-refractivity contribution in [2.75, 3.05) is 20.0 Å². The number of imidazole rings is 2. The van der Waals surface area contributed by atoms with Gasteiger partial charge in [0.1, 0.15) is 25.0 Å². The molecule has 0 saturated carbocycles. The van der Waals surface area contributed by atoms with E-state index >= 15 is 0 Å². The van der Waals surface area contributed by atoms with Gasteiger partial charge in [-0.3, -0.25) is 19.1 Å². The average Bonchev–Trinajstić information content (AvgIpc) is 3.98. The maximum atomic E-state index is 13.4. The molecule has 0 radical (unpaired) electrons. The molecule has 0 spiro atoms. The first-order chi connectivity index (χ1) is 26.8. The van der Waals surface area contributed by atoms with Gasteiger partial charge < -0.3 is 14.4 Å². The number of carbonyl (C=O) groups excluding carboxylic acids is 1. The lowest BCUT2D eigenvalue weighted by atomic mass is 10.0. The summed E-state index contributed by atoms with van der Waals surface area (Å²) in [5.41, 5.74) is 9.05. The number of hydrogen-bond acceptors (Lipinski definition) is 11. The highest BCUT2D eigenvalue weighted by Gasteiger charge is 2.32. The first-order valence-corrected chi connectivity index (χ1v) is 19.1. The molecule has 2 atom stereocenters. The SMILES string of the molecule is C#Cc1cc2c(s1)C(c1ccccc1C)=NC(C)c1c(OOCCOCOC(=O)c3ncn4c3C(C)N=C(c3ccccc3C)c3sc(C#C)cc3-4)ncn1-2. The van der Waals surface area contributed by atoms with Crippen molar-refractivity contribution >= 4 is 40.1 Å². The monoisotopic (exact) mass is 766 g/mol. The normalized spacial score (nSPS) is 15.5. The number of thiophene rings is 2. The van der Waals surface area contributed by atoms with Crippen LogP contribution < -0.4 is 4.89 Å². The van der Waals surface area contributed by atoms with E-state index < -0.39 is 12.0 Å². The molecule has 274 valence electrons. The smallest absolute Gasteiger partial charge is 0.361 e. The molecule has 0 bridgehead atoms. The second-order valence-corrected chi connectivity index (χ2v) is 15.0. The lowest BCUT2D eigenvalue weighted by Crippen LogP contribution is -2.15. The largest absolute Gasteiger partial charge is 0.434 e. The number of nitrogens with zero attached hydrogens (tertiary/aromatic N) is 6. The molecule has 6 aromatic rings. The average molecular weight is 767 g/mol. The van der Waals surface area contributed by atoms with E-state index in [1.807, 2.05) is 78.4 Å². The van der Waals surface area contributed by atoms with Gasteiger partial charge in [-0.25, -0.2) is 9.78 Å². The van der Waals surface area contributed by atoms with E-state index in [-0.39, 0.29) is 37.6 Å². The minimum Gasteiger partial charge on any atom is -0.434 e. The molecule has 8 rings (SSSR count). The summed E-state index contributed by atoms with van der Waals surface area (Å²) in [6, 6.07) is 19.4. The van der Waals surface area contributed by atoms with Crippen molar-refractivity contribution in [3.8, 4) is 41.9 Å². The number of hydrogen-bond donors (Lipinski definition) is 0. The van der Waals surface area contributed by atoms with Gasteiger partial charge in [-0.1, -0.05) is 60.4 Å². The Labute approximate surface area is 325 Å². The predicted octanol–water partition coefficient (Wildman–Crippen LogP) is 7.73. The number of esters is 1. The molecule has 13 heteroatoms.